The van der Waals surface area contributed by atoms with Crippen LogP contribution < -0.4 is 5.73 Å². The summed E-state index contributed by atoms with van der Waals surface area (Å²) in [5.74, 6) is -2.84. The van der Waals surface area contributed by atoms with Crippen molar-refractivity contribution in [3.8, 4) is 11.3 Å². The van der Waals surface area contributed by atoms with Gasteiger partial charge in [-0.15, -0.1) is 0 Å². The van der Waals surface area contributed by atoms with Crippen molar-refractivity contribution >= 4 is 5.82 Å². The molecule has 0 bridgehead atoms. The standard InChI is InChI=1S/C12H14F2N4.C2H6/c1-7-8(4-5-10(15)16-7)9-6-18(3)11(17-9)12(2,13)14;1-2/h4-6H,1-3H3,(H2,15,16);1-2H3. The molecule has 2 heterocycles. The van der Waals surface area contributed by atoms with Gasteiger partial charge in [-0.3, -0.25) is 0 Å². The number of aryl methyl sites for hydroxylation is 2. The van der Waals surface area contributed by atoms with Crippen LogP contribution in [0.1, 0.15) is 32.3 Å². The van der Waals surface area contributed by atoms with Gasteiger partial charge in [0.2, 0.25) is 0 Å². The summed E-state index contributed by atoms with van der Waals surface area (Å²) in [6.45, 7) is 6.59. The van der Waals surface area contributed by atoms with E-state index in [4.69, 9.17) is 5.73 Å². The Kier molecular flexibility index (Phi) is 4.81. The zero-order valence-corrected chi connectivity index (χ0v) is 12.4. The first-order chi connectivity index (χ1) is 9.29. The van der Waals surface area contributed by atoms with Gasteiger partial charge in [-0.05, 0) is 19.1 Å². The summed E-state index contributed by atoms with van der Waals surface area (Å²) in [4.78, 5) is 8.07. The zero-order chi connectivity index (χ0) is 15.5. The largest absolute Gasteiger partial charge is 0.384 e. The lowest BCUT2D eigenvalue weighted by Crippen LogP contribution is -2.13. The summed E-state index contributed by atoms with van der Waals surface area (Å²) >= 11 is 0. The first-order valence-electron chi connectivity index (χ1n) is 6.44. The number of halogens is 2. The molecule has 2 aromatic heterocycles. The van der Waals surface area contributed by atoms with E-state index < -0.39 is 5.92 Å². The Bertz CT molecular complexity index is 585. The molecule has 0 radical (unpaired) electrons. The molecule has 2 aromatic rings. The Balaban J connectivity index is 0.000000956. The lowest BCUT2D eigenvalue weighted by atomic mass is 10.1. The fourth-order valence-electron chi connectivity index (χ4n) is 1.86. The topological polar surface area (TPSA) is 56.7 Å². The van der Waals surface area contributed by atoms with Gasteiger partial charge >= 0.3 is 5.92 Å². The Labute approximate surface area is 117 Å². The van der Waals surface area contributed by atoms with Gasteiger partial charge in [-0.25, -0.2) is 9.97 Å². The molecule has 0 saturated heterocycles. The molecule has 2 N–H and O–H groups in total. The van der Waals surface area contributed by atoms with Gasteiger partial charge in [0.1, 0.15) is 5.82 Å². The third kappa shape index (κ3) is 3.31. The lowest BCUT2D eigenvalue weighted by Gasteiger charge is -2.08. The summed E-state index contributed by atoms with van der Waals surface area (Å²) in [5.41, 5.74) is 7.39. The predicted octanol–water partition coefficient (Wildman–Crippen LogP) is 3.51. The van der Waals surface area contributed by atoms with Crippen LogP contribution in [-0.2, 0) is 13.0 Å². The van der Waals surface area contributed by atoms with Crippen molar-refractivity contribution in [3.63, 3.8) is 0 Å². The van der Waals surface area contributed by atoms with Crippen LogP contribution in [0.15, 0.2) is 18.3 Å². The molecule has 0 atom stereocenters. The number of anilines is 1. The maximum atomic E-state index is 13.3. The van der Waals surface area contributed by atoms with E-state index in [0.29, 0.717) is 22.8 Å². The molecule has 0 spiro atoms. The van der Waals surface area contributed by atoms with Crippen molar-refractivity contribution in [1.29, 1.82) is 0 Å². The molecule has 0 aromatic carbocycles. The molecule has 0 unspecified atom stereocenters. The number of rotatable bonds is 2. The van der Waals surface area contributed by atoms with Crippen LogP contribution >= 0.6 is 0 Å². The monoisotopic (exact) mass is 282 g/mol. The van der Waals surface area contributed by atoms with Gasteiger partial charge in [0.05, 0.1) is 5.69 Å². The van der Waals surface area contributed by atoms with Crippen LogP contribution in [0, 0.1) is 6.92 Å². The average molecular weight is 282 g/mol. The molecular weight excluding hydrogens is 262 g/mol. The molecule has 110 valence electrons. The van der Waals surface area contributed by atoms with Crippen LogP contribution in [0.4, 0.5) is 14.6 Å². The Hall–Kier alpha value is -1.98. The number of pyridine rings is 1. The van der Waals surface area contributed by atoms with E-state index in [-0.39, 0.29) is 5.82 Å². The van der Waals surface area contributed by atoms with Gasteiger partial charge < -0.3 is 10.3 Å². The number of imidazole rings is 1. The van der Waals surface area contributed by atoms with Crippen molar-refractivity contribution in [2.75, 3.05) is 5.73 Å². The number of hydrogen-bond acceptors (Lipinski definition) is 3. The third-order valence-electron chi connectivity index (χ3n) is 2.65. The predicted molar refractivity (Wildman–Crippen MR) is 76.5 cm³/mol. The fourth-order valence-corrected chi connectivity index (χ4v) is 1.86. The Morgan fingerprint density at radius 1 is 1.20 bits per heavy atom. The highest BCUT2D eigenvalue weighted by Crippen LogP contribution is 2.29. The number of nitrogens with two attached hydrogens (primary N) is 1. The van der Waals surface area contributed by atoms with E-state index in [9.17, 15) is 8.78 Å². The van der Waals surface area contributed by atoms with Gasteiger partial charge in [-0.2, -0.15) is 8.78 Å². The zero-order valence-electron chi connectivity index (χ0n) is 12.4. The summed E-state index contributed by atoms with van der Waals surface area (Å²) in [6, 6.07) is 3.36. The highest BCUT2D eigenvalue weighted by Gasteiger charge is 2.30. The van der Waals surface area contributed by atoms with Crippen molar-refractivity contribution in [3.05, 3.63) is 29.8 Å². The van der Waals surface area contributed by atoms with Crippen LogP contribution in [0.2, 0.25) is 0 Å². The molecule has 0 amide bonds. The van der Waals surface area contributed by atoms with Crippen molar-refractivity contribution in [1.82, 2.24) is 14.5 Å². The van der Waals surface area contributed by atoms with E-state index in [0.717, 1.165) is 6.92 Å². The normalized spacial score (nSPS) is 10.9. The maximum absolute atomic E-state index is 13.3. The highest BCUT2D eigenvalue weighted by molar-refractivity contribution is 5.63. The van der Waals surface area contributed by atoms with Gasteiger partial charge in [0.25, 0.3) is 0 Å². The number of nitrogens with zero attached hydrogens (tertiary/aromatic N) is 3. The fraction of sp³-hybridized carbons (Fsp3) is 0.429. The van der Waals surface area contributed by atoms with Gasteiger partial charge in [0.15, 0.2) is 5.82 Å². The molecular formula is C14H20F2N4. The number of aromatic nitrogens is 3. The number of hydrogen-bond donors (Lipinski definition) is 1. The first kappa shape index (κ1) is 16.1. The SMILES string of the molecule is CC.Cc1nc(N)ccc1-c1cn(C)c(C(C)(F)F)n1. The first-order valence-corrected chi connectivity index (χ1v) is 6.44. The third-order valence-corrected chi connectivity index (χ3v) is 2.65. The molecule has 0 aliphatic heterocycles. The van der Waals surface area contributed by atoms with E-state index in [1.54, 1.807) is 32.3 Å². The van der Waals surface area contributed by atoms with E-state index >= 15 is 0 Å². The Morgan fingerprint density at radius 2 is 1.80 bits per heavy atom. The minimum atomic E-state index is -2.97. The molecule has 0 aliphatic rings. The Morgan fingerprint density at radius 3 is 2.25 bits per heavy atom. The second-order valence-electron chi connectivity index (χ2n) is 4.32. The summed E-state index contributed by atoms with van der Waals surface area (Å²) in [5, 5.41) is 0. The smallest absolute Gasteiger partial charge is 0.302 e. The van der Waals surface area contributed by atoms with Crippen molar-refractivity contribution in [2.45, 2.75) is 33.6 Å². The second kappa shape index (κ2) is 5.98. The molecule has 6 heteroatoms. The number of nitrogen functional groups attached to an aromatic ring is 1. The van der Waals surface area contributed by atoms with E-state index in [1.807, 2.05) is 13.8 Å². The van der Waals surface area contributed by atoms with Gasteiger partial charge in [0, 0.05) is 31.4 Å². The summed E-state index contributed by atoms with van der Waals surface area (Å²) in [6.07, 6.45) is 1.56. The van der Waals surface area contributed by atoms with E-state index in [1.165, 1.54) is 4.57 Å². The van der Waals surface area contributed by atoms with Gasteiger partial charge in [-0.1, -0.05) is 13.8 Å². The summed E-state index contributed by atoms with van der Waals surface area (Å²) < 4.78 is 27.9. The minimum absolute atomic E-state index is 0.270. The van der Waals surface area contributed by atoms with E-state index in [2.05, 4.69) is 9.97 Å². The summed E-state index contributed by atoms with van der Waals surface area (Å²) in [7, 11) is 1.54. The maximum Gasteiger partial charge on any atom is 0.302 e. The molecule has 0 fully saturated rings. The minimum Gasteiger partial charge on any atom is -0.384 e. The molecule has 0 aliphatic carbocycles. The van der Waals surface area contributed by atoms with Crippen LogP contribution in [0.5, 0.6) is 0 Å². The highest BCUT2D eigenvalue weighted by atomic mass is 19.3. The molecule has 20 heavy (non-hydrogen) atoms. The lowest BCUT2D eigenvalue weighted by molar-refractivity contribution is 0.00509. The van der Waals surface area contributed by atoms with Crippen LogP contribution in [0.25, 0.3) is 11.3 Å². The number of alkyl halides is 2. The molecule has 0 saturated carbocycles. The molecule has 4 nitrogen and oxygen atoms in total. The average Bonchev–Trinajstić information content (AvgIpc) is 2.73. The quantitative estimate of drug-likeness (QED) is 0.917. The van der Waals surface area contributed by atoms with Crippen LogP contribution in [0.3, 0.4) is 0 Å². The second-order valence-corrected chi connectivity index (χ2v) is 4.32. The molecule has 2 rings (SSSR count). The van der Waals surface area contributed by atoms with Crippen molar-refractivity contribution in [2.24, 2.45) is 7.05 Å². The van der Waals surface area contributed by atoms with Crippen molar-refractivity contribution < 1.29 is 8.78 Å². The van der Waals surface area contributed by atoms with Crippen LogP contribution in [-0.4, -0.2) is 14.5 Å².